The normalized spacial score (nSPS) is 17.0. The molecule has 24 heavy (non-hydrogen) atoms. The highest BCUT2D eigenvalue weighted by Crippen LogP contribution is 2.28. The van der Waals surface area contributed by atoms with Crippen LogP contribution >= 0.6 is 0 Å². The van der Waals surface area contributed by atoms with Crippen molar-refractivity contribution in [2.75, 3.05) is 23.9 Å². The predicted octanol–water partition coefficient (Wildman–Crippen LogP) is 2.83. The van der Waals surface area contributed by atoms with Crippen LogP contribution in [-0.2, 0) is 9.59 Å². The number of halogens is 1. The first-order valence-electron chi connectivity index (χ1n) is 7.58. The van der Waals surface area contributed by atoms with Crippen LogP contribution in [0.3, 0.4) is 0 Å². The molecule has 0 aromatic heterocycles. The van der Waals surface area contributed by atoms with Crippen molar-refractivity contribution < 1.29 is 18.7 Å². The molecule has 3 rings (SSSR count). The van der Waals surface area contributed by atoms with Crippen molar-refractivity contribution >= 4 is 23.2 Å². The lowest BCUT2D eigenvalue weighted by atomic mass is 10.1. The third kappa shape index (κ3) is 3.22. The number of nitrogens with one attached hydrogen (secondary N) is 1. The number of benzene rings is 2. The molecule has 1 atom stereocenters. The van der Waals surface area contributed by atoms with Crippen molar-refractivity contribution in [3.05, 3.63) is 54.3 Å². The summed E-state index contributed by atoms with van der Waals surface area (Å²) in [4.78, 5) is 25.9. The van der Waals surface area contributed by atoms with Crippen LogP contribution in [0.2, 0.25) is 0 Å². The fourth-order valence-corrected chi connectivity index (χ4v) is 2.73. The summed E-state index contributed by atoms with van der Waals surface area (Å²) in [6, 6.07) is 13.0. The summed E-state index contributed by atoms with van der Waals surface area (Å²) in [6.45, 7) is 0.162. The first kappa shape index (κ1) is 16.0. The molecule has 0 radical (unpaired) electrons. The molecule has 0 bridgehead atoms. The van der Waals surface area contributed by atoms with Gasteiger partial charge in [0, 0.05) is 24.7 Å². The van der Waals surface area contributed by atoms with Gasteiger partial charge < -0.3 is 15.0 Å². The number of ether oxygens (including phenoxy) is 1. The highest BCUT2D eigenvalue weighted by Gasteiger charge is 2.36. The molecule has 0 spiro atoms. The summed E-state index contributed by atoms with van der Waals surface area (Å²) >= 11 is 0. The van der Waals surface area contributed by atoms with E-state index in [1.807, 2.05) is 0 Å². The highest BCUT2D eigenvalue weighted by molar-refractivity contribution is 6.03. The Morgan fingerprint density at radius 2 is 2.04 bits per heavy atom. The summed E-state index contributed by atoms with van der Waals surface area (Å²) in [7, 11) is 1.54. The molecule has 2 aromatic rings. The molecule has 1 N–H and O–H groups in total. The summed E-state index contributed by atoms with van der Waals surface area (Å²) in [5, 5.41) is 2.77. The van der Waals surface area contributed by atoms with Crippen LogP contribution in [0.1, 0.15) is 6.42 Å². The fourth-order valence-electron chi connectivity index (χ4n) is 2.73. The number of methoxy groups -OCH3 is 1. The van der Waals surface area contributed by atoms with E-state index in [0.717, 1.165) is 0 Å². The van der Waals surface area contributed by atoms with Crippen LogP contribution < -0.4 is 15.0 Å². The van der Waals surface area contributed by atoms with E-state index in [2.05, 4.69) is 5.32 Å². The molecule has 124 valence electrons. The topological polar surface area (TPSA) is 58.6 Å². The van der Waals surface area contributed by atoms with Crippen LogP contribution in [0.5, 0.6) is 5.75 Å². The standard InChI is InChI=1S/C18H17FN2O3/c1-24-14-6-4-5-13(10-14)20-18(23)12-9-17(22)21(11-12)16-8-3-2-7-15(16)19/h2-8,10,12H,9,11H2,1H3,(H,20,23). The Labute approximate surface area is 139 Å². The number of amides is 2. The second-order valence-electron chi connectivity index (χ2n) is 5.58. The van der Waals surface area contributed by atoms with Gasteiger partial charge in [0.05, 0.1) is 18.7 Å². The second-order valence-corrected chi connectivity index (χ2v) is 5.58. The summed E-state index contributed by atoms with van der Waals surface area (Å²) in [5.74, 6) is -0.896. The SMILES string of the molecule is COc1cccc(NC(=O)C2CC(=O)N(c3ccccc3F)C2)c1. The molecule has 2 amide bonds. The molecule has 1 fully saturated rings. The van der Waals surface area contributed by atoms with Gasteiger partial charge in [0.2, 0.25) is 11.8 Å². The van der Waals surface area contributed by atoms with E-state index in [-0.39, 0.29) is 30.5 Å². The Bertz CT molecular complexity index is 778. The first-order chi connectivity index (χ1) is 11.6. The van der Waals surface area contributed by atoms with E-state index in [1.165, 1.54) is 17.0 Å². The Kier molecular flexibility index (Phi) is 4.46. The molecule has 1 heterocycles. The Morgan fingerprint density at radius 1 is 1.25 bits per heavy atom. The number of carbonyl (C=O) groups is 2. The van der Waals surface area contributed by atoms with E-state index >= 15 is 0 Å². The first-order valence-corrected chi connectivity index (χ1v) is 7.58. The van der Waals surface area contributed by atoms with Gasteiger partial charge in [-0.25, -0.2) is 4.39 Å². The largest absolute Gasteiger partial charge is 0.497 e. The van der Waals surface area contributed by atoms with E-state index in [0.29, 0.717) is 11.4 Å². The van der Waals surface area contributed by atoms with E-state index in [1.54, 1.807) is 43.5 Å². The lowest BCUT2D eigenvalue weighted by molar-refractivity contribution is -0.122. The van der Waals surface area contributed by atoms with Gasteiger partial charge in [-0.05, 0) is 24.3 Å². The van der Waals surface area contributed by atoms with Gasteiger partial charge in [-0.15, -0.1) is 0 Å². The zero-order valence-electron chi connectivity index (χ0n) is 13.2. The minimum absolute atomic E-state index is 0.0597. The lowest BCUT2D eigenvalue weighted by Crippen LogP contribution is -2.28. The van der Waals surface area contributed by atoms with E-state index in [4.69, 9.17) is 4.74 Å². The molecule has 1 unspecified atom stereocenters. The third-order valence-electron chi connectivity index (χ3n) is 3.98. The van der Waals surface area contributed by atoms with Gasteiger partial charge in [-0.3, -0.25) is 9.59 Å². The molecule has 1 aliphatic rings. The maximum Gasteiger partial charge on any atom is 0.229 e. The van der Waals surface area contributed by atoms with Crippen molar-refractivity contribution in [3.8, 4) is 5.75 Å². The number of hydrogen-bond acceptors (Lipinski definition) is 3. The van der Waals surface area contributed by atoms with Crippen molar-refractivity contribution in [2.24, 2.45) is 5.92 Å². The van der Waals surface area contributed by atoms with Crippen molar-refractivity contribution in [1.29, 1.82) is 0 Å². The van der Waals surface area contributed by atoms with Crippen LogP contribution in [0, 0.1) is 11.7 Å². The van der Waals surface area contributed by atoms with E-state index < -0.39 is 11.7 Å². The minimum atomic E-state index is -0.525. The Balaban J connectivity index is 1.71. The summed E-state index contributed by atoms with van der Waals surface area (Å²) in [5.41, 5.74) is 0.801. The zero-order valence-corrected chi connectivity index (χ0v) is 13.2. The van der Waals surface area contributed by atoms with Crippen molar-refractivity contribution in [2.45, 2.75) is 6.42 Å². The second kappa shape index (κ2) is 6.70. The van der Waals surface area contributed by atoms with Gasteiger partial charge in [-0.2, -0.15) is 0 Å². The monoisotopic (exact) mass is 328 g/mol. The number of para-hydroxylation sites is 1. The molecule has 1 aliphatic heterocycles. The van der Waals surface area contributed by atoms with Crippen LogP contribution in [0.15, 0.2) is 48.5 Å². The Morgan fingerprint density at radius 3 is 2.79 bits per heavy atom. The van der Waals surface area contributed by atoms with Crippen LogP contribution in [0.25, 0.3) is 0 Å². The van der Waals surface area contributed by atoms with Gasteiger partial charge >= 0.3 is 0 Å². The zero-order chi connectivity index (χ0) is 17.1. The number of anilines is 2. The molecular weight excluding hydrogens is 311 g/mol. The van der Waals surface area contributed by atoms with E-state index in [9.17, 15) is 14.0 Å². The molecule has 2 aromatic carbocycles. The minimum Gasteiger partial charge on any atom is -0.497 e. The Hall–Kier alpha value is -2.89. The lowest BCUT2D eigenvalue weighted by Gasteiger charge is -2.17. The third-order valence-corrected chi connectivity index (χ3v) is 3.98. The van der Waals surface area contributed by atoms with Gasteiger partial charge in [0.15, 0.2) is 0 Å². The molecular formula is C18H17FN2O3. The molecule has 0 aliphatic carbocycles. The average molecular weight is 328 g/mol. The number of nitrogens with zero attached hydrogens (tertiary/aromatic N) is 1. The molecule has 6 heteroatoms. The molecule has 5 nitrogen and oxygen atoms in total. The predicted molar refractivity (Wildman–Crippen MR) is 88.5 cm³/mol. The number of rotatable bonds is 4. The van der Waals surface area contributed by atoms with Crippen LogP contribution in [0.4, 0.5) is 15.8 Å². The molecule has 0 saturated carbocycles. The van der Waals surface area contributed by atoms with Crippen LogP contribution in [-0.4, -0.2) is 25.5 Å². The highest BCUT2D eigenvalue weighted by atomic mass is 19.1. The smallest absolute Gasteiger partial charge is 0.229 e. The quantitative estimate of drug-likeness (QED) is 0.939. The fraction of sp³-hybridized carbons (Fsp3) is 0.222. The van der Waals surface area contributed by atoms with Gasteiger partial charge in [0.1, 0.15) is 11.6 Å². The summed E-state index contributed by atoms with van der Waals surface area (Å²) < 4.78 is 19.0. The number of carbonyl (C=O) groups excluding carboxylic acids is 2. The molecule has 1 saturated heterocycles. The maximum absolute atomic E-state index is 13.9. The average Bonchev–Trinajstić information content (AvgIpc) is 2.97. The maximum atomic E-state index is 13.9. The number of hydrogen-bond donors (Lipinski definition) is 1. The van der Waals surface area contributed by atoms with Gasteiger partial charge in [-0.1, -0.05) is 18.2 Å². The van der Waals surface area contributed by atoms with Gasteiger partial charge in [0.25, 0.3) is 0 Å². The summed E-state index contributed by atoms with van der Waals surface area (Å²) in [6.07, 6.45) is 0.0597. The van der Waals surface area contributed by atoms with Crippen molar-refractivity contribution in [3.63, 3.8) is 0 Å². The van der Waals surface area contributed by atoms with Crippen molar-refractivity contribution in [1.82, 2.24) is 0 Å².